The Hall–Kier alpha value is -0.780. The second-order valence-corrected chi connectivity index (χ2v) is 8.48. The van der Waals surface area contributed by atoms with Crippen LogP contribution < -0.4 is 4.74 Å². The summed E-state index contributed by atoms with van der Waals surface area (Å²) in [6, 6.07) is 5.12. The maximum absolute atomic E-state index is 11.7. The third kappa shape index (κ3) is 4.34. The molecule has 0 aliphatic heterocycles. The summed E-state index contributed by atoms with van der Waals surface area (Å²) in [7, 11) is -3.03. The first-order valence-electron chi connectivity index (χ1n) is 7.10. The van der Waals surface area contributed by atoms with Crippen LogP contribution in [-0.4, -0.2) is 31.1 Å². The van der Waals surface area contributed by atoms with Crippen LogP contribution in [0.1, 0.15) is 44.3 Å². The van der Waals surface area contributed by atoms with Gasteiger partial charge in [-0.2, -0.15) is 0 Å². The van der Waals surface area contributed by atoms with Gasteiger partial charge in [0.2, 0.25) is 0 Å². The third-order valence-corrected chi connectivity index (χ3v) is 5.77. The summed E-state index contributed by atoms with van der Waals surface area (Å²) in [4.78, 5) is 0. The number of benzene rings is 1. The molecule has 1 aromatic rings. The molecule has 118 valence electrons. The Morgan fingerprint density at radius 2 is 2.10 bits per heavy atom. The fourth-order valence-corrected chi connectivity index (χ4v) is 4.07. The summed E-state index contributed by atoms with van der Waals surface area (Å²) in [5, 5.41) is 10.0. The van der Waals surface area contributed by atoms with E-state index < -0.39 is 15.9 Å². The van der Waals surface area contributed by atoms with E-state index >= 15 is 0 Å². The van der Waals surface area contributed by atoms with Crippen LogP contribution >= 0.6 is 11.6 Å². The lowest BCUT2D eigenvalue weighted by molar-refractivity contribution is 0.143. The van der Waals surface area contributed by atoms with Gasteiger partial charge in [0, 0.05) is 23.3 Å². The largest absolute Gasteiger partial charge is 0.490 e. The molecule has 0 heterocycles. The van der Waals surface area contributed by atoms with Gasteiger partial charge < -0.3 is 9.84 Å². The fraction of sp³-hybridized carbons (Fsp3) is 0.600. The van der Waals surface area contributed by atoms with Crippen LogP contribution in [0.3, 0.4) is 0 Å². The highest BCUT2D eigenvalue weighted by molar-refractivity contribution is 7.91. The quantitative estimate of drug-likeness (QED) is 0.920. The molecule has 1 fully saturated rings. The van der Waals surface area contributed by atoms with Crippen molar-refractivity contribution in [1.82, 2.24) is 0 Å². The lowest BCUT2D eigenvalue weighted by Gasteiger charge is -2.29. The van der Waals surface area contributed by atoms with Gasteiger partial charge in [-0.05, 0) is 44.4 Å². The number of aliphatic hydroxyl groups is 1. The highest BCUT2D eigenvalue weighted by Gasteiger charge is 2.30. The normalized spacial score (nSPS) is 24.6. The van der Waals surface area contributed by atoms with Crippen LogP contribution in [0.4, 0.5) is 0 Å². The zero-order valence-corrected chi connectivity index (χ0v) is 13.8. The van der Waals surface area contributed by atoms with Gasteiger partial charge in [-0.1, -0.05) is 11.6 Å². The highest BCUT2D eigenvalue weighted by Crippen LogP contribution is 2.32. The van der Waals surface area contributed by atoms with Gasteiger partial charge in [-0.3, -0.25) is 0 Å². The molecule has 0 spiro atoms. The molecule has 2 rings (SSSR count). The molecule has 1 saturated carbocycles. The average molecular weight is 333 g/mol. The Morgan fingerprint density at radius 3 is 2.71 bits per heavy atom. The first kappa shape index (κ1) is 16.6. The lowest BCUT2D eigenvalue weighted by Crippen LogP contribution is -2.33. The molecule has 0 radical (unpaired) electrons. The van der Waals surface area contributed by atoms with Crippen LogP contribution in [0.5, 0.6) is 5.75 Å². The number of sulfone groups is 1. The van der Waals surface area contributed by atoms with Gasteiger partial charge >= 0.3 is 0 Å². The van der Waals surface area contributed by atoms with Gasteiger partial charge in [-0.15, -0.1) is 0 Å². The minimum atomic E-state index is -3.03. The summed E-state index contributed by atoms with van der Waals surface area (Å²) >= 11 is 5.94. The van der Waals surface area contributed by atoms with Crippen molar-refractivity contribution in [1.29, 1.82) is 0 Å². The van der Waals surface area contributed by atoms with Gasteiger partial charge in [0.15, 0.2) is 0 Å². The molecule has 1 aliphatic carbocycles. The standard InChI is InChI=1S/C15H21ClO4S/c1-10(17)14-8-11(16)6-7-15(14)20-12-4-3-5-13(9-12)21(2,18)19/h6-8,10,12-13,17H,3-5,9H2,1-2H3/t10-,12?,13?/m1/s1. The van der Waals surface area contributed by atoms with Crippen molar-refractivity contribution < 1.29 is 18.3 Å². The molecule has 21 heavy (non-hydrogen) atoms. The van der Waals surface area contributed by atoms with E-state index in [1.54, 1.807) is 25.1 Å². The number of hydrogen-bond acceptors (Lipinski definition) is 4. The summed E-state index contributed by atoms with van der Waals surface area (Å²) in [6.45, 7) is 1.65. The van der Waals surface area contributed by atoms with E-state index in [1.807, 2.05) is 0 Å². The second kappa shape index (κ2) is 6.55. The Labute approximate surface area is 131 Å². The summed E-state index contributed by atoms with van der Waals surface area (Å²) in [6.07, 6.45) is 3.31. The maximum Gasteiger partial charge on any atom is 0.150 e. The van der Waals surface area contributed by atoms with Crippen molar-refractivity contribution in [2.45, 2.75) is 50.1 Å². The molecule has 0 saturated heterocycles. The van der Waals surface area contributed by atoms with Crippen molar-refractivity contribution in [3.05, 3.63) is 28.8 Å². The molecule has 1 aromatic carbocycles. The molecular formula is C15H21ClO4S. The Kier molecular flexibility index (Phi) is 5.17. The Balaban J connectivity index is 2.15. The van der Waals surface area contributed by atoms with E-state index in [9.17, 15) is 13.5 Å². The molecule has 2 unspecified atom stereocenters. The summed E-state index contributed by atoms with van der Waals surface area (Å²) < 4.78 is 29.3. The monoisotopic (exact) mass is 332 g/mol. The van der Waals surface area contributed by atoms with Crippen molar-refractivity contribution in [3.8, 4) is 5.75 Å². The number of halogens is 1. The van der Waals surface area contributed by atoms with Crippen molar-refractivity contribution in [3.63, 3.8) is 0 Å². The van der Waals surface area contributed by atoms with Crippen LogP contribution in [0.25, 0.3) is 0 Å². The molecule has 0 aromatic heterocycles. The van der Waals surface area contributed by atoms with Gasteiger partial charge in [0.25, 0.3) is 0 Å². The average Bonchev–Trinajstić information content (AvgIpc) is 2.40. The maximum atomic E-state index is 11.7. The molecule has 4 nitrogen and oxygen atoms in total. The van der Waals surface area contributed by atoms with E-state index in [1.165, 1.54) is 6.26 Å². The summed E-state index contributed by atoms with van der Waals surface area (Å²) in [5.74, 6) is 0.577. The topological polar surface area (TPSA) is 63.6 Å². The lowest BCUT2D eigenvalue weighted by atomic mass is 9.97. The summed E-state index contributed by atoms with van der Waals surface area (Å²) in [5.41, 5.74) is 0.629. The van der Waals surface area contributed by atoms with Crippen LogP contribution in [-0.2, 0) is 9.84 Å². The third-order valence-electron chi connectivity index (χ3n) is 3.90. The van der Waals surface area contributed by atoms with Crippen LogP contribution in [0.15, 0.2) is 18.2 Å². The number of ether oxygens (including phenoxy) is 1. The molecule has 1 N–H and O–H groups in total. The smallest absolute Gasteiger partial charge is 0.150 e. The number of rotatable bonds is 4. The molecule has 1 aliphatic rings. The van der Waals surface area contributed by atoms with E-state index in [-0.39, 0.29) is 11.4 Å². The van der Waals surface area contributed by atoms with E-state index in [4.69, 9.17) is 16.3 Å². The number of hydrogen-bond donors (Lipinski definition) is 1. The molecule has 6 heteroatoms. The van der Waals surface area contributed by atoms with Crippen molar-refractivity contribution in [2.24, 2.45) is 0 Å². The van der Waals surface area contributed by atoms with Crippen molar-refractivity contribution in [2.75, 3.05) is 6.26 Å². The van der Waals surface area contributed by atoms with Gasteiger partial charge in [0.05, 0.1) is 17.5 Å². The molecule has 0 bridgehead atoms. The zero-order valence-electron chi connectivity index (χ0n) is 12.3. The minimum Gasteiger partial charge on any atom is -0.490 e. The minimum absolute atomic E-state index is 0.142. The zero-order chi connectivity index (χ0) is 15.6. The van der Waals surface area contributed by atoms with Gasteiger partial charge in [-0.25, -0.2) is 8.42 Å². The van der Waals surface area contributed by atoms with E-state index in [0.29, 0.717) is 29.2 Å². The molecular weight excluding hydrogens is 312 g/mol. The first-order chi connectivity index (χ1) is 9.77. The molecule has 0 amide bonds. The highest BCUT2D eigenvalue weighted by atomic mass is 35.5. The predicted molar refractivity (Wildman–Crippen MR) is 83.6 cm³/mol. The Morgan fingerprint density at radius 1 is 1.38 bits per heavy atom. The van der Waals surface area contributed by atoms with Crippen LogP contribution in [0.2, 0.25) is 5.02 Å². The fourth-order valence-electron chi connectivity index (χ4n) is 2.73. The SMILES string of the molecule is C[C@@H](O)c1cc(Cl)ccc1OC1CCCC(S(C)(=O)=O)C1. The van der Waals surface area contributed by atoms with E-state index in [2.05, 4.69) is 0 Å². The molecule has 3 atom stereocenters. The Bertz CT molecular complexity index is 598. The van der Waals surface area contributed by atoms with Crippen molar-refractivity contribution >= 4 is 21.4 Å². The number of aliphatic hydroxyl groups excluding tert-OH is 1. The predicted octanol–water partition coefficient (Wildman–Crippen LogP) is 3.13. The first-order valence-corrected chi connectivity index (χ1v) is 9.43. The second-order valence-electron chi connectivity index (χ2n) is 5.72. The van der Waals surface area contributed by atoms with Gasteiger partial charge in [0.1, 0.15) is 15.6 Å². The van der Waals surface area contributed by atoms with E-state index in [0.717, 1.165) is 12.8 Å². The van der Waals surface area contributed by atoms with Crippen LogP contribution in [0, 0.1) is 0 Å².